The second kappa shape index (κ2) is 9.54. The molecule has 9 heteroatoms. The molecule has 1 amide bonds. The maximum Gasteiger partial charge on any atom is 0.407 e. The molecule has 0 saturated heterocycles. The van der Waals surface area contributed by atoms with Crippen LogP contribution in [0.15, 0.2) is 28.8 Å². The average Bonchev–Trinajstić information content (AvgIpc) is 3.04. The molecule has 2 rings (SSSR count). The lowest BCUT2D eigenvalue weighted by Gasteiger charge is -2.23. The number of alkyl carbamates (subject to hydrolysis) is 1. The van der Waals surface area contributed by atoms with Crippen molar-refractivity contribution in [3.63, 3.8) is 0 Å². The zero-order valence-corrected chi connectivity index (χ0v) is 17.1. The number of nitrogens with zero attached hydrogens (tertiary/aromatic N) is 2. The molecule has 0 bridgehead atoms. The van der Waals surface area contributed by atoms with Crippen LogP contribution < -0.4 is 5.32 Å². The minimum absolute atomic E-state index is 0.204. The number of hydrogen-bond acceptors (Lipinski definition) is 7. The predicted molar refractivity (Wildman–Crippen MR) is 102 cm³/mol. The van der Waals surface area contributed by atoms with E-state index in [1.165, 1.54) is 0 Å². The van der Waals surface area contributed by atoms with E-state index in [9.17, 15) is 9.59 Å². The van der Waals surface area contributed by atoms with Gasteiger partial charge >= 0.3 is 18.0 Å². The smallest absolute Gasteiger partial charge is 0.407 e. The number of nitrogens with one attached hydrogen (secondary N) is 1. The Morgan fingerprint density at radius 2 is 1.89 bits per heavy atom. The molecule has 28 heavy (non-hydrogen) atoms. The number of carbonyl (C=O) groups is 2. The van der Waals surface area contributed by atoms with E-state index in [1.54, 1.807) is 39.8 Å². The van der Waals surface area contributed by atoms with Crippen LogP contribution in [0.1, 0.15) is 49.8 Å². The Labute approximate surface area is 168 Å². The standard InChI is InChI=1S/C19H24ClN3O5/c1-5-26-17(24)16-22-15(23-28-16)11-14(21-18(25)27-19(2,3)4)10-12-6-8-13(20)9-7-12/h6-9,14H,5,10-11H2,1-4H3,(H,21,25)/t14-/m0/s1. The third-order valence-corrected chi connectivity index (χ3v) is 3.72. The Kier molecular flexibility index (Phi) is 7.39. The maximum absolute atomic E-state index is 12.2. The van der Waals surface area contributed by atoms with Crippen LogP contribution in [-0.2, 0) is 22.3 Å². The summed E-state index contributed by atoms with van der Waals surface area (Å²) in [6, 6.07) is 6.89. The minimum atomic E-state index is -0.685. The zero-order valence-electron chi connectivity index (χ0n) is 16.3. The van der Waals surface area contributed by atoms with Gasteiger partial charge < -0.3 is 19.3 Å². The van der Waals surface area contributed by atoms with Crippen molar-refractivity contribution in [1.29, 1.82) is 0 Å². The monoisotopic (exact) mass is 409 g/mol. The van der Waals surface area contributed by atoms with Crippen LogP contribution in [0.2, 0.25) is 5.02 Å². The van der Waals surface area contributed by atoms with Crippen LogP contribution in [0.5, 0.6) is 0 Å². The number of ether oxygens (including phenoxy) is 2. The normalized spacial score (nSPS) is 12.3. The molecule has 0 fully saturated rings. The summed E-state index contributed by atoms with van der Waals surface area (Å²) in [6.07, 6.45) is 0.172. The van der Waals surface area contributed by atoms with Gasteiger partial charge in [0.25, 0.3) is 0 Å². The summed E-state index contributed by atoms with van der Waals surface area (Å²) in [5.41, 5.74) is 0.331. The van der Waals surface area contributed by atoms with Gasteiger partial charge in [0.1, 0.15) is 5.60 Å². The average molecular weight is 410 g/mol. The van der Waals surface area contributed by atoms with Crippen LogP contribution in [0.4, 0.5) is 4.79 Å². The number of benzene rings is 1. The second-order valence-electron chi connectivity index (χ2n) is 7.11. The minimum Gasteiger partial charge on any atom is -0.459 e. The molecule has 0 saturated carbocycles. The van der Waals surface area contributed by atoms with Gasteiger partial charge in [0.2, 0.25) is 0 Å². The van der Waals surface area contributed by atoms with Crippen LogP contribution >= 0.6 is 11.6 Å². The largest absolute Gasteiger partial charge is 0.459 e. The van der Waals surface area contributed by atoms with Gasteiger partial charge in [-0.25, -0.2) is 9.59 Å². The topological polar surface area (TPSA) is 104 Å². The van der Waals surface area contributed by atoms with Gasteiger partial charge in [0.05, 0.1) is 6.61 Å². The van der Waals surface area contributed by atoms with Crippen LogP contribution in [0.3, 0.4) is 0 Å². The van der Waals surface area contributed by atoms with Crippen molar-refractivity contribution in [2.45, 2.75) is 52.2 Å². The second-order valence-corrected chi connectivity index (χ2v) is 7.55. The third kappa shape index (κ3) is 7.19. The summed E-state index contributed by atoms with van der Waals surface area (Å²) >= 11 is 5.93. The van der Waals surface area contributed by atoms with Gasteiger partial charge in [-0.3, -0.25) is 0 Å². The maximum atomic E-state index is 12.2. The van der Waals surface area contributed by atoms with E-state index in [-0.39, 0.29) is 30.8 Å². The summed E-state index contributed by atoms with van der Waals surface area (Å²) in [5.74, 6) is -0.631. The Morgan fingerprint density at radius 1 is 1.21 bits per heavy atom. The fourth-order valence-electron chi connectivity index (χ4n) is 2.39. The van der Waals surface area contributed by atoms with E-state index in [4.69, 9.17) is 25.6 Å². The van der Waals surface area contributed by atoms with Crippen molar-refractivity contribution in [2.75, 3.05) is 6.61 Å². The molecule has 2 aromatic rings. The molecule has 152 valence electrons. The summed E-state index contributed by atoms with van der Waals surface area (Å²) in [4.78, 5) is 27.9. The molecule has 0 aliphatic carbocycles. The van der Waals surface area contributed by atoms with Gasteiger partial charge in [0, 0.05) is 17.5 Å². The number of carbonyl (C=O) groups excluding carboxylic acids is 2. The molecule has 0 radical (unpaired) electrons. The summed E-state index contributed by atoms with van der Waals surface area (Å²) < 4.78 is 15.1. The molecule has 0 aliphatic heterocycles. The Morgan fingerprint density at radius 3 is 2.50 bits per heavy atom. The predicted octanol–water partition coefficient (Wildman–Crippen LogP) is 3.58. The highest BCUT2D eigenvalue weighted by molar-refractivity contribution is 6.30. The van der Waals surface area contributed by atoms with Gasteiger partial charge in [0.15, 0.2) is 5.82 Å². The van der Waals surface area contributed by atoms with E-state index in [0.29, 0.717) is 11.4 Å². The Balaban J connectivity index is 2.11. The van der Waals surface area contributed by atoms with Gasteiger partial charge in [-0.1, -0.05) is 28.9 Å². The first-order valence-corrected chi connectivity index (χ1v) is 9.27. The first-order chi connectivity index (χ1) is 13.2. The molecule has 1 atom stereocenters. The number of halogens is 1. The first kappa shape index (κ1) is 21.7. The van der Waals surface area contributed by atoms with E-state index < -0.39 is 17.7 Å². The quantitative estimate of drug-likeness (QED) is 0.697. The zero-order chi connectivity index (χ0) is 20.7. The van der Waals surface area contributed by atoms with Crippen molar-refractivity contribution in [2.24, 2.45) is 0 Å². The number of esters is 1. The first-order valence-electron chi connectivity index (χ1n) is 8.90. The van der Waals surface area contributed by atoms with Crippen LogP contribution in [0.25, 0.3) is 0 Å². The van der Waals surface area contributed by atoms with Crippen molar-refractivity contribution < 1.29 is 23.6 Å². The van der Waals surface area contributed by atoms with E-state index in [1.807, 2.05) is 12.1 Å². The summed E-state index contributed by atoms with van der Waals surface area (Å²) in [7, 11) is 0. The summed E-state index contributed by atoms with van der Waals surface area (Å²) in [5, 5.41) is 7.24. The molecule has 1 aromatic carbocycles. The highest BCUT2D eigenvalue weighted by atomic mass is 35.5. The van der Waals surface area contributed by atoms with Crippen molar-refractivity contribution in [3.05, 3.63) is 46.6 Å². The van der Waals surface area contributed by atoms with E-state index >= 15 is 0 Å². The van der Waals surface area contributed by atoms with Gasteiger partial charge in [-0.2, -0.15) is 4.98 Å². The van der Waals surface area contributed by atoms with Crippen molar-refractivity contribution in [1.82, 2.24) is 15.5 Å². The molecule has 0 aliphatic rings. The summed E-state index contributed by atoms with van der Waals surface area (Å²) in [6.45, 7) is 7.24. The van der Waals surface area contributed by atoms with Crippen molar-refractivity contribution in [3.8, 4) is 0 Å². The molecule has 0 unspecified atom stereocenters. The Hall–Kier alpha value is -2.61. The highest BCUT2D eigenvalue weighted by Crippen LogP contribution is 2.14. The number of hydrogen-bond donors (Lipinski definition) is 1. The van der Waals surface area contributed by atoms with Gasteiger partial charge in [-0.05, 0) is 51.8 Å². The molecule has 0 spiro atoms. The molecular formula is C19H24ClN3O5. The molecular weight excluding hydrogens is 386 g/mol. The lowest BCUT2D eigenvalue weighted by Crippen LogP contribution is -2.41. The van der Waals surface area contributed by atoms with Crippen molar-refractivity contribution >= 4 is 23.7 Å². The SMILES string of the molecule is CCOC(=O)c1nc(C[C@H](Cc2ccc(Cl)cc2)NC(=O)OC(C)(C)C)no1. The molecule has 8 nitrogen and oxygen atoms in total. The lowest BCUT2D eigenvalue weighted by atomic mass is 10.0. The number of amides is 1. The number of aromatic nitrogens is 2. The fourth-order valence-corrected chi connectivity index (χ4v) is 2.51. The third-order valence-electron chi connectivity index (χ3n) is 3.46. The van der Waals surface area contributed by atoms with E-state index in [2.05, 4.69) is 15.5 Å². The molecule has 1 heterocycles. The number of rotatable bonds is 7. The molecule has 1 N–H and O–H groups in total. The fraction of sp³-hybridized carbons (Fsp3) is 0.474. The highest BCUT2D eigenvalue weighted by Gasteiger charge is 2.23. The van der Waals surface area contributed by atoms with Crippen LogP contribution in [-0.4, -0.2) is 40.5 Å². The lowest BCUT2D eigenvalue weighted by molar-refractivity contribution is 0.0468. The van der Waals surface area contributed by atoms with Gasteiger partial charge in [-0.15, -0.1) is 0 Å². The van der Waals surface area contributed by atoms with E-state index in [0.717, 1.165) is 5.56 Å². The molecule has 1 aromatic heterocycles. The Bertz CT molecular complexity index is 799. The van der Waals surface area contributed by atoms with Crippen LogP contribution in [0, 0.1) is 0 Å².